The van der Waals surface area contributed by atoms with Gasteiger partial charge >= 0.3 is 6.03 Å². The van der Waals surface area contributed by atoms with Gasteiger partial charge in [-0.15, -0.1) is 0 Å². The Morgan fingerprint density at radius 2 is 1.92 bits per heavy atom. The van der Waals surface area contributed by atoms with Gasteiger partial charge < -0.3 is 15.0 Å². The Morgan fingerprint density at radius 3 is 2.54 bits per heavy atom. The van der Waals surface area contributed by atoms with E-state index in [-0.39, 0.29) is 18.2 Å². The molecule has 134 valence electrons. The van der Waals surface area contributed by atoms with E-state index < -0.39 is 0 Å². The minimum atomic E-state index is -0.0557. The molecule has 5 nitrogen and oxygen atoms in total. The Morgan fingerprint density at radius 1 is 1.29 bits per heavy atom. The topological polar surface area (TPSA) is 44.8 Å². The third kappa shape index (κ3) is 5.49. The maximum absolute atomic E-state index is 12.4. The van der Waals surface area contributed by atoms with Crippen LogP contribution in [0.1, 0.15) is 33.3 Å². The molecule has 1 saturated heterocycles. The summed E-state index contributed by atoms with van der Waals surface area (Å²) in [5, 5.41) is 3.06. The maximum atomic E-state index is 12.4. The van der Waals surface area contributed by atoms with E-state index in [1.165, 1.54) is 0 Å². The Hall–Kier alpha value is -1.59. The SMILES string of the molecule is CC(C)CN(C)C(=O)Nc1ccccc1CN1C[C@@H](C)O[C@@H](C)C1. The normalized spacial score (nSPS) is 21.8. The molecule has 0 radical (unpaired) electrons. The van der Waals surface area contributed by atoms with Crippen LogP contribution in [0.2, 0.25) is 0 Å². The first-order valence-corrected chi connectivity index (χ1v) is 8.83. The molecule has 0 bridgehead atoms. The molecule has 1 aliphatic rings. The van der Waals surface area contributed by atoms with Crippen LogP contribution >= 0.6 is 0 Å². The van der Waals surface area contributed by atoms with E-state index in [1.54, 1.807) is 4.90 Å². The largest absolute Gasteiger partial charge is 0.373 e. The predicted octanol–water partition coefficient (Wildman–Crippen LogP) is 3.42. The van der Waals surface area contributed by atoms with Crippen molar-refractivity contribution in [1.82, 2.24) is 9.80 Å². The number of ether oxygens (including phenoxy) is 1. The van der Waals surface area contributed by atoms with Crippen molar-refractivity contribution in [3.8, 4) is 0 Å². The van der Waals surface area contributed by atoms with Gasteiger partial charge in [0.25, 0.3) is 0 Å². The average molecular weight is 333 g/mol. The molecule has 2 rings (SSSR count). The summed E-state index contributed by atoms with van der Waals surface area (Å²) in [5.41, 5.74) is 2.04. The van der Waals surface area contributed by atoms with Crippen molar-refractivity contribution in [2.45, 2.75) is 46.4 Å². The molecule has 0 aliphatic carbocycles. The third-order valence-electron chi connectivity index (χ3n) is 4.13. The lowest BCUT2D eigenvalue weighted by Gasteiger charge is -2.35. The Labute approximate surface area is 146 Å². The van der Waals surface area contributed by atoms with Gasteiger partial charge in [-0.05, 0) is 31.4 Å². The standard InChI is InChI=1S/C19H31N3O2/c1-14(2)10-21(5)19(23)20-18-9-7-6-8-17(18)13-22-11-15(3)24-16(4)12-22/h6-9,14-16H,10-13H2,1-5H3,(H,20,23)/t15-,16+. The van der Waals surface area contributed by atoms with E-state index in [2.05, 4.69) is 44.0 Å². The van der Waals surface area contributed by atoms with Crippen molar-refractivity contribution in [3.05, 3.63) is 29.8 Å². The summed E-state index contributed by atoms with van der Waals surface area (Å²) in [5.74, 6) is 0.451. The van der Waals surface area contributed by atoms with Gasteiger partial charge in [0.2, 0.25) is 0 Å². The van der Waals surface area contributed by atoms with E-state index in [0.29, 0.717) is 5.92 Å². The zero-order valence-corrected chi connectivity index (χ0v) is 15.6. The summed E-state index contributed by atoms with van der Waals surface area (Å²) in [6.45, 7) is 11.8. The summed E-state index contributed by atoms with van der Waals surface area (Å²) in [6.07, 6.45) is 0.486. The molecule has 1 heterocycles. The number of nitrogens with one attached hydrogen (secondary N) is 1. The highest BCUT2D eigenvalue weighted by Gasteiger charge is 2.23. The second kappa shape index (κ2) is 8.49. The Balaban J connectivity index is 2.03. The van der Waals surface area contributed by atoms with Crippen LogP contribution in [0.15, 0.2) is 24.3 Å². The molecule has 1 fully saturated rings. The summed E-state index contributed by atoms with van der Waals surface area (Å²) >= 11 is 0. The molecule has 1 N–H and O–H groups in total. The van der Waals surface area contributed by atoms with Crippen LogP contribution < -0.4 is 5.32 Å². The van der Waals surface area contributed by atoms with Crippen LogP contribution in [0, 0.1) is 5.92 Å². The summed E-state index contributed by atoms with van der Waals surface area (Å²) in [7, 11) is 1.84. The van der Waals surface area contributed by atoms with E-state index in [0.717, 1.165) is 37.4 Å². The second-order valence-electron chi connectivity index (χ2n) is 7.31. The lowest BCUT2D eigenvalue weighted by atomic mass is 10.1. The van der Waals surface area contributed by atoms with Crippen molar-refractivity contribution in [1.29, 1.82) is 0 Å². The first kappa shape index (κ1) is 18.7. The van der Waals surface area contributed by atoms with Crippen molar-refractivity contribution >= 4 is 11.7 Å². The zero-order chi connectivity index (χ0) is 17.7. The van der Waals surface area contributed by atoms with Gasteiger partial charge in [-0.3, -0.25) is 4.90 Å². The fraction of sp³-hybridized carbons (Fsp3) is 0.632. The molecule has 24 heavy (non-hydrogen) atoms. The molecule has 2 amide bonds. The van der Waals surface area contributed by atoms with E-state index in [4.69, 9.17) is 4.74 Å². The number of benzene rings is 1. The van der Waals surface area contributed by atoms with Gasteiger partial charge in [0.05, 0.1) is 12.2 Å². The molecule has 1 aliphatic heterocycles. The van der Waals surface area contributed by atoms with E-state index >= 15 is 0 Å². The third-order valence-corrected chi connectivity index (χ3v) is 4.13. The fourth-order valence-electron chi connectivity index (χ4n) is 3.28. The Kier molecular flexibility index (Phi) is 6.63. The van der Waals surface area contributed by atoms with Crippen LogP contribution in [-0.4, -0.2) is 54.7 Å². The van der Waals surface area contributed by atoms with Crippen molar-refractivity contribution in [2.24, 2.45) is 5.92 Å². The number of urea groups is 1. The van der Waals surface area contributed by atoms with Gasteiger partial charge in [0, 0.05) is 38.9 Å². The van der Waals surface area contributed by atoms with Crippen LogP contribution in [-0.2, 0) is 11.3 Å². The van der Waals surface area contributed by atoms with Crippen molar-refractivity contribution in [2.75, 3.05) is 32.0 Å². The van der Waals surface area contributed by atoms with Crippen molar-refractivity contribution in [3.63, 3.8) is 0 Å². The smallest absolute Gasteiger partial charge is 0.321 e. The predicted molar refractivity (Wildman–Crippen MR) is 98.2 cm³/mol. The lowest BCUT2D eigenvalue weighted by molar-refractivity contribution is -0.0704. The molecule has 0 spiro atoms. The number of rotatable bonds is 5. The summed E-state index contributed by atoms with van der Waals surface area (Å²) < 4.78 is 5.80. The minimum absolute atomic E-state index is 0.0557. The molecule has 0 unspecified atom stereocenters. The first-order chi connectivity index (χ1) is 11.3. The highest BCUT2D eigenvalue weighted by Crippen LogP contribution is 2.20. The number of para-hydroxylation sites is 1. The molecular formula is C19H31N3O2. The molecule has 1 aromatic carbocycles. The number of carbonyl (C=O) groups excluding carboxylic acids is 1. The molecule has 2 atom stereocenters. The van der Waals surface area contributed by atoms with Crippen molar-refractivity contribution < 1.29 is 9.53 Å². The van der Waals surface area contributed by atoms with E-state index in [1.807, 2.05) is 25.2 Å². The number of hydrogen-bond donors (Lipinski definition) is 1. The molecule has 0 aromatic heterocycles. The number of hydrogen-bond acceptors (Lipinski definition) is 3. The van der Waals surface area contributed by atoms with E-state index in [9.17, 15) is 4.79 Å². The molecule has 5 heteroatoms. The second-order valence-corrected chi connectivity index (χ2v) is 7.31. The number of anilines is 1. The highest BCUT2D eigenvalue weighted by atomic mass is 16.5. The summed E-state index contributed by atoms with van der Waals surface area (Å²) in [4.78, 5) is 16.5. The van der Waals surface area contributed by atoms with Crippen LogP contribution in [0.4, 0.5) is 10.5 Å². The molecular weight excluding hydrogens is 302 g/mol. The average Bonchev–Trinajstić information content (AvgIpc) is 2.47. The Bertz CT molecular complexity index is 537. The van der Waals surface area contributed by atoms with Gasteiger partial charge in [-0.2, -0.15) is 0 Å². The molecule has 0 saturated carbocycles. The van der Waals surface area contributed by atoms with Gasteiger partial charge in [0.1, 0.15) is 0 Å². The zero-order valence-electron chi connectivity index (χ0n) is 15.6. The monoisotopic (exact) mass is 333 g/mol. The molecule has 1 aromatic rings. The van der Waals surface area contributed by atoms with Crippen LogP contribution in [0.3, 0.4) is 0 Å². The number of amides is 2. The quantitative estimate of drug-likeness (QED) is 0.898. The van der Waals surface area contributed by atoms with Gasteiger partial charge in [-0.1, -0.05) is 32.0 Å². The minimum Gasteiger partial charge on any atom is -0.373 e. The van der Waals surface area contributed by atoms with Crippen LogP contribution in [0.25, 0.3) is 0 Å². The highest BCUT2D eigenvalue weighted by molar-refractivity contribution is 5.90. The van der Waals surface area contributed by atoms with Gasteiger partial charge in [0.15, 0.2) is 0 Å². The summed E-state index contributed by atoms with van der Waals surface area (Å²) in [6, 6.07) is 7.99. The fourth-order valence-corrected chi connectivity index (χ4v) is 3.28. The maximum Gasteiger partial charge on any atom is 0.321 e. The number of morpholine rings is 1. The van der Waals surface area contributed by atoms with Gasteiger partial charge in [-0.25, -0.2) is 4.79 Å². The first-order valence-electron chi connectivity index (χ1n) is 8.83. The van der Waals surface area contributed by atoms with Crippen LogP contribution in [0.5, 0.6) is 0 Å². The lowest BCUT2D eigenvalue weighted by Crippen LogP contribution is -2.45. The number of carbonyl (C=O) groups is 1. The number of nitrogens with zero attached hydrogens (tertiary/aromatic N) is 2.